The lowest BCUT2D eigenvalue weighted by atomic mass is 10.0. The number of pyridine rings is 1. The highest BCUT2D eigenvalue weighted by Crippen LogP contribution is 2.34. The fourth-order valence-corrected chi connectivity index (χ4v) is 3.70. The highest BCUT2D eigenvalue weighted by atomic mass is 19.1. The average molecular weight is 347 g/mol. The molecule has 3 fully saturated rings. The van der Waals surface area contributed by atoms with Crippen LogP contribution in [0.1, 0.15) is 31.4 Å². The van der Waals surface area contributed by atoms with Crippen LogP contribution in [0.3, 0.4) is 0 Å². The molecule has 1 aliphatic carbocycles. The Morgan fingerprint density at radius 2 is 2.16 bits per heavy atom. The highest BCUT2D eigenvalue weighted by Gasteiger charge is 2.43. The maximum Gasteiger partial charge on any atom is 0.228 e. The van der Waals surface area contributed by atoms with E-state index in [1.807, 2.05) is 0 Å². The Morgan fingerprint density at radius 1 is 1.32 bits per heavy atom. The smallest absolute Gasteiger partial charge is 0.228 e. The molecule has 1 saturated carbocycles. The number of carbonyl (C=O) groups excluding carboxylic acids is 2. The third-order valence-electron chi connectivity index (χ3n) is 5.14. The van der Waals surface area contributed by atoms with Crippen molar-refractivity contribution in [1.82, 2.24) is 15.2 Å². The van der Waals surface area contributed by atoms with E-state index in [2.05, 4.69) is 10.3 Å². The molecule has 6 nitrogen and oxygen atoms in total. The van der Waals surface area contributed by atoms with E-state index in [1.165, 1.54) is 12.1 Å². The van der Waals surface area contributed by atoms with Gasteiger partial charge in [0.05, 0.1) is 31.2 Å². The predicted molar refractivity (Wildman–Crippen MR) is 87.0 cm³/mol. The molecule has 2 aliphatic heterocycles. The Balaban J connectivity index is 1.25. The van der Waals surface area contributed by atoms with Crippen molar-refractivity contribution in [3.05, 3.63) is 29.8 Å². The number of ether oxygens (including phenoxy) is 1. The number of hydrogen-bond donors (Lipinski definition) is 1. The van der Waals surface area contributed by atoms with Crippen molar-refractivity contribution in [3.8, 4) is 0 Å². The van der Waals surface area contributed by atoms with Gasteiger partial charge in [0.1, 0.15) is 5.82 Å². The van der Waals surface area contributed by atoms with Crippen LogP contribution in [0.2, 0.25) is 0 Å². The monoisotopic (exact) mass is 347 g/mol. The van der Waals surface area contributed by atoms with E-state index in [9.17, 15) is 14.0 Å². The van der Waals surface area contributed by atoms with Crippen LogP contribution in [0, 0.1) is 11.7 Å². The minimum absolute atomic E-state index is 0.0138. The zero-order valence-electron chi connectivity index (χ0n) is 14.0. The summed E-state index contributed by atoms with van der Waals surface area (Å²) in [7, 11) is 0. The first-order valence-corrected chi connectivity index (χ1v) is 8.90. The molecule has 0 spiro atoms. The van der Waals surface area contributed by atoms with Gasteiger partial charge in [-0.3, -0.25) is 14.6 Å². The van der Waals surface area contributed by atoms with Crippen LogP contribution in [0.4, 0.5) is 4.39 Å². The summed E-state index contributed by atoms with van der Waals surface area (Å²) in [4.78, 5) is 30.0. The summed E-state index contributed by atoms with van der Waals surface area (Å²) < 4.78 is 18.9. The molecule has 2 amide bonds. The normalized spacial score (nSPS) is 28.0. The van der Waals surface area contributed by atoms with Crippen LogP contribution in [-0.2, 0) is 20.7 Å². The first-order valence-electron chi connectivity index (χ1n) is 8.90. The first-order chi connectivity index (χ1) is 12.1. The SMILES string of the molecule is O=C(C[C@@H]1C[C@H]2CN(C(=O)Cc3ccc(F)cn3)C[C@H]2O1)NC1CC1. The van der Waals surface area contributed by atoms with Crippen molar-refractivity contribution in [2.75, 3.05) is 13.1 Å². The summed E-state index contributed by atoms with van der Waals surface area (Å²) in [6.07, 6.45) is 4.69. The Kier molecular flexibility index (Phi) is 4.41. The second kappa shape index (κ2) is 6.71. The van der Waals surface area contributed by atoms with Crippen molar-refractivity contribution >= 4 is 11.8 Å². The molecule has 4 rings (SSSR count). The second-order valence-electron chi connectivity index (χ2n) is 7.28. The highest BCUT2D eigenvalue weighted by molar-refractivity contribution is 5.79. The van der Waals surface area contributed by atoms with Crippen molar-refractivity contribution in [2.24, 2.45) is 5.92 Å². The van der Waals surface area contributed by atoms with E-state index in [-0.39, 0.29) is 30.4 Å². The van der Waals surface area contributed by atoms with Crippen LogP contribution < -0.4 is 5.32 Å². The number of nitrogens with one attached hydrogen (secondary N) is 1. The Hall–Kier alpha value is -2.02. The summed E-state index contributed by atoms with van der Waals surface area (Å²) in [5.41, 5.74) is 0.569. The van der Waals surface area contributed by atoms with Gasteiger partial charge < -0.3 is 15.0 Å². The molecule has 3 heterocycles. The van der Waals surface area contributed by atoms with E-state index in [0.717, 1.165) is 25.5 Å². The fraction of sp³-hybridized carbons (Fsp3) is 0.611. The van der Waals surface area contributed by atoms with Crippen LogP contribution in [0.15, 0.2) is 18.3 Å². The molecule has 0 radical (unpaired) electrons. The molecular formula is C18H22FN3O3. The molecule has 3 atom stereocenters. The molecule has 0 unspecified atom stereocenters. The van der Waals surface area contributed by atoms with Gasteiger partial charge in [0.15, 0.2) is 0 Å². The Labute approximate surface area is 145 Å². The lowest BCUT2D eigenvalue weighted by molar-refractivity contribution is -0.131. The molecule has 134 valence electrons. The number of hydrogen-bond acceptors (Lipinski definition) is 4. The summed E-state index contributed by atoms with van der Waals surface area (Å²) in [6.45, 7) is 1.22. The minimum Gasteiger partial charge on any atom is -0.372 e. The van der Waals surface area contributed by atoms with Gasteiger partial charge in [-0.15, -0.1) is 0 Å². The fourth-order valence-electron chi connectivity index (χ4n) is 3.70. The van der Waals surface area contributed by atoms with Crippen molar-refractivity contribution in [2.45, 2.75) is 50.4 Å². The number of fused-ring (bicyclic) bond motifs is 1. The third-order valence-corrected chi connectivity index (χ3v) is 5.14. The van der Waals surface area contributed by atoms with Gasteiger partial charge >= 0.3 is 0 Å². The standard InChI is InChI=1S/C18H22FN3O3/c19-12-1-2-14(20-8-12)6-18(24)22-9-11-5-15(25-16(11)10-22)7-17(23)21-13-3-4-13/h1-2,8,11,13,15-16H,3-7,9-10H2,(H,21,23)/t11-,15-,16+/m0/s1. The maximum atomic E-state index is 12.9. The van der Waals surface area contributed by atoms with E-state index in [0.29, 0.717) is 37.2 Å². The van der Waals surface area contributed by atoms with E-state index >= 15 is 0 Å². The maximum absolute atomic E-state index is 12.9. The first kappa shape index (κ1) is 16.4. The topological polar surface area (TPSA) is 71.5 Å². The van der Waals surface area contributed by atoms with Gasteiger partial charge in [0.2, 0.25) is 11.8 Å². The zero-order valence-corrected chi connectivity index (χ0v) is 14.0. The van der Waals surface area contributed by atoms with E-state index < -0.39 is 5.82 Å². The van der Waals surface area contributed by atoms with Crippen LogP contribution in [0.5, 0.6) is 0 Å². The lowest BCUT2D eigenvalue weighted by Gasteiger charge is -2.19. The summed E-state index contributed by atoms with van der Waals surface area (Å²) in [5, 5.41) is 2.99. The van der Waals surface area contributed by atoms with E-state index in [4.69, 9.17) is 4.74 Å². The van der Waals surface area contributed by atoms with Crippen molar-refractivity contribution in [1.29, 1.82) is 0 Å². The number of rotatable bonds is 5. The second-order valence-corrected chi connectivity index (χ2v) is 7.28. The van der Waals surface area contributed by atoms with Gasteiger partial charge in [-0.2, -0.15) is 0 Å². The Morgan fingerprint density at radius 3 is 2.84 bits per heavy atom. The number of carbonyl (C=O) groups is 2. The lowest BCUT2D eigenvalue weighted by Crippen LogP contribution is -2.34. The number of amides is 2. The minimum atomic E-state index is -0.405. The summed E-state index contributed by atoms with van der Waals surface area (Å²) >= 11 is 0. The largest absolute Gasteiger partial charge is 0.372 e. The van der Waals surface area contributed by atoms with Gasteiger partial charge in [-0.05, 0) is 31.4 Å². The third kappa shape index (κ3) is 3.98. The van der Waals surface area contributed by atoms with Crippen LogP contribution in [-0.4, -0.2) is 53.0 Å². The Bertz CT molecular complexity index is 648. The molecule has 1 aromatic rings. The summed E-state index contributed by atoms with van der Waals surface area (Å²) in [5.74, 6) is -0.0520. The van der Waals surface area contributed by atoms with Crippen molar-refractivity contribution < 1.29 is 18.7 Å². The van der Waals surface area contributed by atoms with Crippen LogP contribution in [0.25, 0.3) is 0 Å². The number of nitrogens with zero attached hydrogens (tertiary/aromatic N) is 2. The number of aromatic nitrogens is 1. The number of halogens is 1. The van der Waals surface area contributed by atoms with Crippen molar-refractivity contribution in [3.63, 3.8) is 0 Å². The van der Waals surface area contributed by atoms with Gasteiger partial charge in [0.25, 0.3) is 0 Å². The average Bonchev–Trinajstić information content (AvgIpc) is 3.16. The molecular weight excluding hydrogens is 325 g/mol. The molecule has 3 aliphatic rings. The molecule has 1 aromatic heterocycles. The van der Waals surface area contributed by atoms with Gasteiger partial charge in [-0.25, -0.2) is 4.39 Å². The molecule has 0 bridgehead atoms. The molecule has 2 saturated heterocycles. The van der Waals surface area contributed by atoms with Gasteiger partial charge in [0, 0.05) is 30.7 Å². The van der Waals surface area contributed by atoms with E-state index in [1.54, 1.807) is 4.90 Å². The summed E-state index contributed by atoms with van der Waals surface area (Å²) in [6, 6.07) is 3.23. The quantitative estimate of drug-likeness (QED) is 0.864. The molecule has 1 N–H and O–H groups in total. The molecule has 25 heavy (non-hydrogen) atoms. The van der Waals surface area contributed by atoms with Gasteiger partial charge in [-0.1, -0.05) is 0 Å². The molecule has 7 heteroatoms. The zero-order chi connectivity index (χ0) is 17.4. The van der Waals surface area contributed by atoms with Crippen LogP contribution >= 0.6 is 0 Å². The molecule has 0 aromatic carbocycles. The number of likely N-dealkylation sites (tertiary alicyclic amines) is 1. The predicted octanol–water partition coefficient (Wildman–Crippen LogP) is 1.05.